The number of nitrogens with zero attached hydrogens (tertiary/aromatic N) is 2. The number of likely N-dealkylation sites (tertiary alicyclic amines) is 1. The minimum atomic E-state index is -4.61. The Labute approximate surface area is 267 Å². The van der Waals surface area contributed by atoms with Gasteiger partial charge in [-0.1, -0.05) is 42.2 Å². The molecule has 0 saturated carbocycles. The van der Waals surface area contributed by atoms with Gasteiger partial charge in [0.05, 0.1) is 31.0 Å². The predicted molar refractivity (Wildman–Crippen MR) is 162 cm³/mol. The van der Waals surface area contributed by atoms with Crippen LogP contribution in [0.2, 0.25) is 0 Å². The summed E-state index contributed by atoms with van der Waals surface area (Å²) in [6, 6.07) is 14.1. The van der Waals surface area contributed by atoms with Crippen LogP contribution >= 0.6 is 15.6 Å². The van der Waals surface area contributed by atoms with Crippen LogP contribution in [-0.2, 0) is 48.2 Å². The third-order valence-corrected chi connectivity index (χ3v) is 9.39. The van der Waals surface area contributed by atoms with Crippen LogP contribution in [0.1, 0.15) is 48.8 Å². The number of phosphoric ester groups is 2. The van der Waals surface area contributed by atoms with Crippen molar-refractivity contribution in [2.24, 2.45) is 0 Å². The summed E-state index contributed by atoms with van der Waals surface area (Å²) in [5.41, 5.74) is 3.12. The molecule has 4 atom stereocenters. The maximum Gasteiger partial charge on any atom is 0.267 e. The second kappa shape index (κ2) is 16.0. The highest BCUT2D eigenvalue weighted by atomic mass is 31.2. The molecule has 46 heavy (non-hydrogen) atoms. The highest BCUT2D eigenvalue weighted by Gasteiger charge is 2.38. The number of benzene rings is 2. The lowest BCUT2D eigenvalue weighted by Gasteiger charge is -2.27. The summed E-state index contributed by atoms with van der Waals surface area (Å²) in [5, 5.41) is 2.71. The first-order valence-corrected chi connectivity index (χ1v) is 17.5. The number of hydrogen-bond acceptors (Lipinski definition) is 11. The number of amides is 3. The molecular weight excluding hydrogens is 640 g/mol. The number of para-hydroxylation sites is 1. The standard InChI is InChI=1S/C30H37N3O11P2/c1-41-45(37,38)43-21-25-18-26(44-46(39,40)42-2)20-32(25)29(35)12-7-17-31-28(34)15-16-30(36)33-19-24-10-4-3-8-22(24)13-14-23-9-5-6-11-27(23)33/h3-6,8-11,25-26H,7,12,15-21H2,1-2H3,(H,31,34)(H,37,38)(H,39,40)/p-2/t25-,26+/m0/s1. The van der Waals surface area contributed by atoms with E-state index in [1.165, 1.54) is 4.90 Å². The van der Waals surface area contributed by atoms with Crippen LogP contribution in [-0.4, -0.2) is 68.7 Å². The molecule has 2 unspecified atom stereocenters. The van der Waals surface area contributed by atoms with E-state index in [1.807, 2.05) is 48.5 Å². The van der Waals surface area contributed by atoms with Gasteiger partial charge in [0.25, 0.3) is 15.6 Å². The lowest BCUT2D eigenvalue weighted by Crippen LogP contribution is -2.39. The molecule has 2 aliphatic heterocycles. The minimum absolute atomic E-state index is 0.0184. The van der Waals surface area contributed by atoms with Crippen molar-refractivity contribution < 1.29 is 51.4 Å². The summed E-state index contributed by atoms with van der Waals surface area (Å²) in [5.74, 6) is 5.29. The second-order valence-electron chi connectivity index (χ2n) is 10.6. The maximum absolute atomic E-state index is 13.3. The molecule has 248 valence electrons. The molecule has 0 aromatic heterocycles. The van der Waals surface area contributed by atoms with Crippen molar-refractivity contribution in [3.05, 3.63) is 65.2 Å². The van der Waals surface area contributed by atoms with E-state index >= 15 is 0 Å². The number of carbonyl (C=O) groups excluding carboxylic acids is 3. The molecule has 0 aliphatic carbocycles. The van der Waals surface area contributed by atoms with E-state index in [0.29, 0.717) is 17.8 Å². The fourth-order valence-electron chi connectivity index (χ4n) is 5.13. The number of fused-ring (bicyclic) bond motifs is 2. The van der Waals surface area contributed by atoms with E-state index in [2.05, 4.69) is 26.2 Å². The monoisotopic (exact) mass is 675 g/mol. The molecule has 2 aromatic carbocycles. The number of hydrogen-bond donors (Lipinski definition) is 1. The average Bonchev–Trinajstić information content (AvgIpc) is 3.44. The average molecular weight is 676 g/mol. The van der Waals surface area contributed by atoms with Crippen LogP contribution in [0.5, 0.6) is 0 Å². The van der Waals surface area contributed by atoms with Crippen LogP contribution in [0.15, 0.2) is 48.5 Å². The number of carbonyl (C=O) groups is 3. The van der Waals surface area contributed by atoms with Gasteiger partial charge in [-0.3, -0.25) is 23.5 Å². The summed E-state index contributed by atoms with van der Waals surface area (Å²) < 4.78 is 41.8. The Kier molecular flexibility index (Phi) is 12.3. The summed E-state index contributed by atoms with van der Waals surface area (Å²) in [6.45, 7) is -0.139. The lowest BCUT2D eigenvalue weighted by molar-refractivity contribution is -0.227. The van der Waals surface area contributed by atoms with Crippen molar-refractivity contribution in [3.63, 3.8) is 0 Å². The Morgan fingerprint density at radius 1 is 0.913 bits per heavy atom. The topological polar surface area (TPSA) is 187 Å². The summed E-state index contributed by atoms with van der Waals surface area (Å²) in [6.07, 6.45) is -0.886. The van der Waals surface area contributed by atoms with Gasteiger partial charge in [0.2, 0.25) is 17.7 Å². The van der Waals surface area contributed by atoms with Crippen molar-refractivity contribution in [1.29, 1.82) is 0 Å². The van der Waals surface area contributed by atoms with E-state index in [-0.39, 0.29) is 57.0 Å². The molecule has 2 aromatic rings. The van der Waals surface area contributed by atoms with Gasteiger partial charge in [0, 0.05) is 57.7 Å². The molecule has 1 fully saturated rings. The molecule has 1 saturated heterocycles. The van der Waals surface area contributed by atoms with E-state index in [0.717, 1.165) is 25.3 Å². The molecule has 0 radical (unpaired) electrons. The molecule has 16 heteroatoms. The van der Waals surface area contributed by atoms with Gasteiger partial charge < -0.3 is 43.0 Å². The van der Waals surface area contributed by atoms with Crippen LogP contribution in [0, 0.1) is 11.8 Å². The molecule has 2 aliphatic rings. The minimum Gasteiger partial charge on any atom is -0.756 e. The van der Waals surface area contributed by atoms with Gasteiger partial charge in [0.15, 0.2) is 0 Å². The molecule has 1 N–H and O–H groups in total. The number of rotatable bonds is 14. The van der Waals surface area contributed by atoms with Gasteiger partial charge in [-0.05, 0) is 36.6 Å². The molecule has 14 nitrogen and oxygen atoms in total. The molecule has 0 spiro atoms. The first-order valence-electron chi connectivity index (χ1n) is 14.5. The first kappa shape index (κ1) is 35.5. The number of anilines is 1. The first-order chi connectivity index (χ1) is 21.9. The summed E-state index contributed by atoms with van der Waals surface area (Å²) >= 11 is 0. The zero-order valence-corrected chi connectivity index (χ0v) is 27.2. The third-order valence-electron chi connectivity index (χ3n) is 7.48. The van der Waals surface area contributed by atoms with Crippen molar-refractivity contribution in [3.8, 4) is 11.8 Å². The second-order valence-corrected chi connectivity index (χ2v) is 13.6. The maximum atomic E-state index is 13.3. The Balaban J connectivity index is 1.27. The summed E-state index contributed by atoms with van der Waals surface area (Å²) in [4.78, 5) is 65.2. The normalized spacial score (nSPS) is 19.7. The zero-order valence-electron chi connectivity index (χ0n) is 25.4. The van der Waals surface area contributed by atoms with Crippen LogP contribution in [0.4, 0.5) is 5.69 Å². The Morgan fingerprint density at radius 2 is 1.59 bits per heavy atom. The Morgan fingerprint density at radius 3 is 2.33 bits per heavy atom. The van der Waals surface area contributed by atoms with Crippen molar-refractivity contribution >= 4 is 39.1 Å². The number of phosphoric acid groups is 2. The van der Waals surface area contributed by atoms with E-state index < -0.39 is 40.3 Å². The van der Waals surface area contributed by atoms with Crippen molar-refractivity contribution in [2.75, 3.05) is 38.8 Å². The van der Waals surface area contributed by atoms with E-state index in [9.17, 15) is 33.3 Å². The Hall–Kier alpha value is -3.37. The SMILES string of the molecule is COP(=O)([O-])OC[C@@H]1C[C@@H](OP(=O)([O-])OC)CN1C(=O)CCCNC(=O)CCC(=O)N1Cc2ccccc2C#Cc2ccccc21. The van der Waals surface area contributed by atoms with Crippen molar-refractivity contribution in [1.82, 2.24) is 10.2 Å². The zero-order chi connectivity index (χ0) is 33.3. The molecule has 2 heterocycles. The van der Waals surface area contributed by atoms with Crippen molar-refractivity contribution in [2.45, 2.75) is 50.8 Å². The van der Waals surface area contributed by atoms with Gasteiger partial charge in [-0.2, -0.15) is 0 Å². The van der Waals surface area contributed by atoms with Gasteiger partial charge in [0.1, 0.15) is 0 Å². The van der Waals surface area contributed by atoms with E-state index in [1.54, 1.807) is 4.90 Å². The quantitative estimate of drug-likeness (QED) is 0.175. The number of nitrogens with one attached hydrogen (secondary N) is 1. The summed E-state index contributed by atoms with van der Waals surface area (Å²) in [7, 11) is -7.34. The highest BCUT2D eigenvalue weighted by Crippen LogP contribution is 2.42. The molecular formula is C30H35N3O11P2-2. The third kappa shape index (κ3) is 9.82. The van der Waals surface area contributed by atoms with Gasteiger partial charge in [-0.25, -0.2) is 0 Å². The van der Waals surface area contributed by atoms with Crippen LogP contribution < -0.4 is 20.0 Å². The molecule has 0 bridgehead atoms. The van der Waals surface area contributed by atoms with E-state index in [4.69, 9.17) is 9.05 Å². The molecule has 4 rings (SSSR count). The van der Waals surface area contributed by atoms with Gasteiger partial charge in [-0.15, -0.1) is 0 Å². The predicted octanol–water partition coefficient (Wildman–Crippen LogP) is 1.84. The smallest absolute Gasteiger partial charge is 0.267 e. The highest BCUT2D eigenvalue weighted by molar-refractivity contribution is 7.46. The van der Waals surface area contributed by atoms with Gasteiger partial charge >= 0.3 is 0 Å². The van der Waals surface area contributed by atoms with Crippen LogP contribution in [0.3, 0.4) is 0 Å². The van der Waals surface area contributed by atoms with Crippen LogP contribution in [0.25, 0.3) is 0 Å². The lowest BCUT2D eigenvalue weighted by atomic mass is 10.0. The fourth-order valence-corrected chi connectivity index (χ4v) is 6.20. The molecule has 3 amide bonds. The Bertz CT molecular complexity index is 1590. The largest absolute Gasteiger partial charge is 0.756 e. The fraction of sp³-hybridized carbons (Fsp3) is 0.433.